The van der Waals surface area contributed by atoms with Gasteiger partial charge in [0.25, 0.3) is 0 Å². The van der Waals surface area contributed by atoms with Crippen LogP contribution in [-0.4, -0.2) is 67.3 Å². The molecule has 22 heavy (non-hydrogen) atoms. The molecule has 0 radical (unpaired) electrons. The third kappa shape index (κ3) is 42.7. The second-order valence-electron chi connectivity index (χ2n) is 3.04. The van der Waals surface area contributed by atoms with Gasteiger partial charge in [-0.05, 0) is 0 Å². The first-order chi connectivity index (χ1) is 10.2. The van der Waals surface area contributed by atoms with Crippen molar-refractivity contribution in [3.8, 4) is 0 Å². The zero-order valence-corrected chi connectivity index (χ0v) is 14.8. The van der Waals surface area contributed by atoms with Crippen LogP contribution in [0.15, 0.2) is 0 Å². The maximum absolute atomic E-state index is 10.0. The molecule has 0 aromatic carbocycles. The summed E-state index contributed by atoms with van der Waals surface area (Å²) in [6.07, 6.45) is 0.259. The molecule has 0 aliphatic heterocycles. The van der Waals surface area contributed by atoms with E-state index in [1.807, 2.05) is 0 Å². The summed E-state index contributed by atoms with van der Waals surface area (Å²) < 4.78 is 0. The number of carboxylic acids is 4. The molecule has 0 saturated heterocycles. The predicted octanol–water partition coefficient (Wildman–Crippen LogP) is 1.32. The number of hydrogen-bond acceptors (Lipinski definition) is 8. The van der Waals surface area contributed by atoms with Crippen LogP contribution in [0.3, 0.4) is 0 Å². The van der Waals surface area contributed by atoms with Gasteiger partial charge in [0.1, 0.15) is 0 Å². The van der Waals surface area contributed by atoms with Gasteiger partial charge < -0.3 is 20.4 Å². The van der Waals surface area contributed by atoms with Crippen LogP contribution in [0.2, 0.25) is 0 Å². The van der Waals surface area contributed by atoms with Gasteiger partial charge in [-0.3, -0.25) is 19.2 Å². The molecule has 0 amide bonds. The average molecular weight is 395 g/mol. The summed E-state index contributed by atoms with van der Waals surface area (Å²) in [7, 11) is 2.79. The van der Waals surface area contributed by atoms with Crippen molar-refractivity contribution >= 4 is 70.7 Å². The minimum absolute atomic E-state index is 0.0833. The average Bonchev–Trinajstić information content (AvgIpc) is 2.43. The molecule has 0 aliphatic carbocycles. The monoisotopic (exact) mass is 394 g/mol. The first-order valence-corrected chi connectivity index (χ1v) is 9.25. The Balaban J connectivity index is -0.000000298. The highest BCUT2D eigenvalue weighted by Crippen LogP contribution is 2.22. The fourth-order valence-corrected chi connectivity index (χ4v) is 2.33. The fourth-order valence-electron chi connectivity index (χ4n) is 0.376. The minimum Gasteiger partial charge on any atom is -0.481 e. The van der Waals surface area contributed by atoms with Crippen LogP contribution < -0.4 is 0 Å². The van der Waals surface area contributed by atoms with E-state index < -0.39 is 23.9 Å². The van der Waals surface area contributed by atoms with E-state index in [2.05, 4.69) is 25.3 Å². The Morgan fingerprint density at radius 1 is 0.636 bits per heavy atom. The van der Waals surface area contributed by atoms with E-state index in [1.165, 1.54) is 21.6 Å². The quantitative estimate of drug-likeness (QED) is 0.192. The second-order valence-corrected chi connectivity index (χ2v) is 6.37. The molecule has 0 unspecified atom stereocenters. The summed E-state index contributed by atoms with van der Waals surface area (Å²) in [5.74, 6) is -2.51. The summed E-state index contributed by atoms with van der Waals surface area (Å²) >= 11 is 6.83. The SMILES string of the molecule is O=C(O)CCSSCCC(=O)O.O=C(O)CS.O=C(O)CS. The summed E-state index contributed by atoms with van der Waals surface area (Å²) in [6, 6.07) is 0. The molecule has 0 aliphatic rings. The van der Waals surface area contributed by atoms with Crippen molar-refractivity contribution in [3.63, 3.8) is 0 Å². The van der Waals surface area contributed by atoms with E-state index in [1.54, 1.807) is 0 Å². The summed E-state index contributed by atoms with van der Waals surface area (Å²) in [5.41, 5.74) is 0. The van der Waals surface area contributed by atoms with E-state index in [-0.39, 0.29) is 24.3 Å². The maximum Gasteiger partial charge on any atom is 0.313 e. The van der Waals surface area contributed by atoms with Crippen molar-refractivity contribution in [2.45, 2.75) is 12.8 Å². The van der Waals surface area contributed by atoms with Gasteiger partial charge in [-0.1, -0.05) is 21.6 Å². The molecule has 0 bridgehead atoms. The molecule has 130 valence electrons. The van der Waals surface area contributed by atoms with Crippen LogP contribution in [-0.2, 0) is 19.2 Å². The molecule has 0 fully saturated rings. The highest BCUT2D eigenvalue weighted by molar-refractivity contribution is 8.76. The van der Waals surface area contributed by atoms with Gasteiger partial charge in [-0.25, -0.2) is 0 Å². The largest absolute Gasteiger partial charge is 0.481 e. The Morgan fingerprint density at radius 3 is 1.00 bits per heavy atom. The highest BCUT2D eigenvalue weighted by atomic mass is 33.1. The lowest BCUT2D eigenvalue weighted by molar-refractivity contribution is -0.137. The van der Waals surface area contributed by atoms with E-state index in [9.17, 15) is 19.2 Å². The van der Waals surface area contributed by atoms with Crippen LogP contribution in [0, 0.1) is 0 Å². The Morgan fingerprint density at radius 2 is 0.864 bits per heavy atom. The number of aliphatic carboxylic acids is 4. The normalized spacial score (nSPS) is 8.64. The Labute approximate surface area is 146 Å². The third-order valence-corrected chi connectivity index (χ3v) is 4.10. The van der Waals surface area contributed by atoms with Crippen LogP contribution in [0.25, 0.3) is 0 Å². The van der Waals surface area contributed by atoms with Gasteiger partial charge in [0, 0.05) is 11.5 Å². The van der Waals surface area contributed by atoms with Crippen LogP contribution in [0.5, 0.6) is 0 Å². The van der Waals surface area contributed by atoms with E-state index in [0.29, 0.717) is 11.5 Å². The molecule has 0 atom stereocenters. The van der Waals surface area contributed by atoms with Gasteiger partial charge in [0.2, 0.25) is 0 Å². The molecular weight excluding hydrogens is 376 g/mol. The molecular formula is C10H18O8S4. The molecule has 0 heterocycles. The maximum atomic E-state index is 10.0. The van der Waals surface area contributed by atoms with Gasteiger partial charge in [0.15, 0.2) is 0 Å². The smallest absolute Gasteiger partial charge is 0.313 e. The van der Waals surface area contributed by atoms with E-state index in [4.69, 9.17) is 20.4 Å². The first kappa shape index (κ1) is 26.2. The topological polar surface area (TPSA) is 149 Å². The lowest BCUT2D eigenvalue weighted by Gasteiger charge is -1.95. The summed E-state index contributed by atoms with van der Waals surface area (Å²) in [4.78, 5) is 38.6. The Bertz CT molecular complexity index is 305. The van der Waals surface area contributed by atoms with Crippen molar-refractivity contribution < 1.29 is 39.6 Å². The number of rotatable bonds is 9. The number of carbonyl (C=O) groups is 4. The van der Waals surface area contributed by atoms with Gasteiger partial charge in [0.05, 0.1) is 24.3 Å². The van der Waals surface area contributed by atoms with E-state index in [0.717, 1.165) is 0 Å². The summed E-state index contributed by atoms with van der Waals surface area (Å²) in [6.45, 7) is 0. The van der Waals surface area contributed by atoms with Gasteiger partial charge in [-0.2, -0.15) is 25.3 Å². The molecule has 0 aromatic rings. The van der Waals surface area contributed by atoms with Crippen LogP contribution in [0.1, 0.15) is 12.8 Å². The van der Waals surface area contributed by atoms with Crippen LogP contribution in [0.4, 0.5) is 0 Å². The first-order valence-electron chi connectivity index (χ1n) is 5.50. The third-order valence-electron chi connectivity index (χ3n) is 1.15. The second kappa shape index (κ2) is 20.3. The standard InChI is InChI=1S/C6H10O4S2.2C2H4O2S/c7-5(8)1-3-11-12-4-2-6(9)10;2*3-2(4)1-5/h1-4H2,(H,7,8)(H,9,10);2*5H,1H2,(H,3,4). The van der Waals surface area contributed by atoms with Crippen molar-refractivity contribution in [1.82, 2.24) is 0 Å². The van der Waals surface area contributed by atoms with Crippen molar-refractivity contribution in [3.05, 3.63) is 0 Å². The Kier molecular flexibility index (Phi) is 24.1. The molecule has 0 rings (SSSR count). The molecule has 12 heteroatoms. The molecule has 8 nitrogen and oxygen atoms in total. The fraction of sp³-hybridized carbons (Fsp3) is 0.600. The highest BCUT2D eigenvalue weighted by Gasteiger charge is 1.99. The van der Waals surface area contributed by atoms with Crippen molar-refractivity contribution in [1.29, 1.82) is 0 Å². The molecule has 0 aromatic heterocycles. The van der Waals surface area contributed by atoms with Crippen molar-refractivity contribution in [2.24, 2.45) is 0 Å². The number of hydrogen-bond donors (Lipinski definition) is 6. The van der Waals surface area contributed by atoms with Crippen LogP contribution >= 0.6 is 46.8 Å². The van der Waals surface area contributed by atoms with Gasteiger partial charge in [-0.15, -0.1) is 0 Å². The predicted molar refractivity (Wildman–Crippen MR) is 92.4 cm³/mol. The van der Waals surface area contributed by atoms with E-state index >= 15 is 0 Å². The molecule has 0 saturated carbocycles. The number of thiol groups is 2. The zero-order valence-electron chi connectivity index (χ0n) is 11.4. The number of carboxylic acid groups (broad SMARTS) is 4. The summed E-state index contributed by atoms with van der Waals surface area (Å²) in [5, 5.41) is 31.8. The van der Waals surface area contributed by atoms with Gasteiger partial charge >= 0.3 is 23.9 Å². The zero-order chi connectivity index (χ0) is 18.0. The molecule has 4 N–H and O–H groups in total. The minimum atomic E-state index is -0.881. The van der Waals surface area contributed by atoms with Crippen molar-refractivity contribution in [2.75, 3.05) is 23.0 Å². The Hall–Kier alpha value is -0.720. The lowest BCUT2D eigenvalue weighted by atomic mass is 10.5. The lowest BCUT2D eigenvalue weighted by Crippen LogP contribution is -1.96. The molecule has 0 spiro atoms.